The normalized spacial score (nSPS) is 15.7. The van der Waals surface area contributed by atoms with Crippen molar-refractivity contribution in [3.8, 4) is 0 Å². The zero-order chi connectivity index (χ0) is 13.8. The van der Waals surface area contributed by atoms with Gasteiger partial charge in [-0.15, -0.1) is 0 Å². The second kappa shape index (κ2) is 6.48. The van der Waals surface area contributed by atoms with E-state index in [4.69, 9.17) is 5.11 Å². The van der Waals surface area contributed by atoms with Crippen molar-refractivity contribution in [2.24, 2.45) is 0 Å². The minimum absolute atomic E-state index is 0.0545. The molecular formula is C14H17BrFNO2. The summed E-state index contributed by atoms with van der Waals surface area (Å²) in [7, 11) is 0. The van der Waals surface area contributed by atoms with Gasteiger partial charge in [-0.05, 0) is 47.0 Å². The van der Waals surface area contributed by atoms with Crippen LogP contribution in [0.1, 0.15) is 36.0 Å². The first-order valence-corrected chi connectivity index (χ1v) is 7.29. The van der Waals surface area contributed by atoms with Crippen molar-refractivity contribution in [2.75, 3.05) is 13.2 Å². The van der Waals surface area contributed by atoms with Crippen LogP contribution in [0.15, 0.2) is 22.7 Å². The number of halogens is 2. The fourth-order valence-corrected chi connectivity index (χ4v) is 3.11. The van der Waals surface area contributed by atoms with Gasteiger partial charge in [0.05, 0.1) is 12.2 Å². The van der Waals surface area contributed by atoms with Gasteiger partial charge in [-0.1, -0.05) is 12.8 Å². The summed E-state index contributed by atoms with van der Waals surface area (Å²) in [6.07, 6.45) is 4.18. The summed E-state index contributed by atoms with van der Waals surface area (Å²) < 4.78 is 13.5. The Morgan fingerprint density at radius 3 is 2.68 bits per heavy atom. The van der Waals surface area contributed by atoms with E-state index in [0.717, 1.165) is 25.7 Å². The summed E-state index contributed by atoms with van der Waals surface area (Å²) >= 11 is 3.23. The van der Waals surface area contributed by atoms with Gasteiger partial charge in [0.1, 0.15) is 5.82 Å². The molecule has 5 heteroatoms. The van der Waals surface area contributed by atoms with Gasteiger partial charge in [0.25, 0.3) is 5.91 Å². The topological polar surface area (TPSA) is 40.5 Å². The molecule has 0 radical (unpaired) electrons. The van der Waals surface area contributed by atoms with E-state index in [0.29, 0.717) is 16.6 Å². The fourth-order valence-electron chi connectivity index (χ4n) is 2.59. The summed E-state index contributed by atoms with van der Waals surface area (Å²) in [6, 6.07) is 4.25. The number of carbonyl (C=O) groups excluding carboxylic acids is 1. The fraction of sp³-hybridized carbons (Fsp3) is 0.500. The molecule has 3 nitrogen and oxygen atoms in total. The Balaban J connectivity index is 2.22. The molecule has 1 aromatic rings. The van der Waals surface area contributed by atoms with E-state index in [9.17, 15) is 9.18 Å². The molecule has 0 unspecified atom stereocenters. The van der Waals surface area contributed by atoms with Crippen LogP contribution in [-0.2, 0) is 0 Å². The van der Waals surface area contributed by atoms with Gasteiger partial charge >= 0.3 is 0 Å². The molecule has 104 valence electrons. The van der Waals surface area contributed by atoms with Crippen LogP contribution < -0.4 is 0 Å². The van der Waals surface area contributed by atoms with E-state index in [1.165, 1.54) is 18.2 Å². The van der Waals surface area contributed by atoms with E-state index in [1.54, 1.807) is 4.90 Å². The number of hydrogen-bond acceptors (Lipinski definition) is 2. The highest BCUT2D eigenvalue weighted by atomic mass is 79.9. The molecule has 19 heavy (non-hydrogen) atoms. The maximum absolute atomic E-state index is 13.1. The van der Waals surface area contributed by atoms with Crippen molar-refractivity contribution in [3.63, 3.8) is 0 Å². The predicted octanol–water partition coefficient (Wildman–Crippen LogP) is 2.97. The molecule has 1 aliphatic rings. The van der Waals surface area contributed by atoms with Crippen molar-refractivity contribution in [2.45, 2.75) is 31.7 Å². The molecule has 2 rings (SSSR count). The van der Waals surface area contributed by atoms with Crippen LogP contribution in [0.4, 0.5) is 4.39 Å². The van der Waals surface area contributed by atoms with Crippen LogP contribution in [0.5, 0.6) is 0 Å². The van der Waals surface area contributed by atoms with Gasteiger partial charge in [0.15, 0.2) is 0 Å². The summed E-state index contributed by atoms with van der Waals surface area (Å²) in [6.45, 7) is 0.272. The lowest BCUT2D eigenvalue weighted by Gasteiger charge is -2.28. The van der Waals surface area contributed by atoms with Crippen molar-refractivity contribution in [3.05, 3.63) is 34.1 Å². The monoisotopic (exact) mass is 329 g/mol. The zero-order valence-corrected chi connectivity index (χ0v) is 12.2. The minimum atomic E-state index is -0.377. The SMILES string of the molecule is O=C(c1ccc(F)cc1Br)N(CCO)C1CCCC1. The second-order valence-corrected chi connectivity index (χ2v) is 5.64. The van der Waals surface area contributed by atoms with Gasteiger partial charge in [-0.25, -0.2) is 4.39 Å². The summed E-state index contributed by atoms with van der Waals surface area (Å²) in [5, 5.41) is 9.14. The average molecular weight is 330 g/mol. The predicted molar refractivity (Wildman–Crippen MR) is 74.5 cm³/mol. The molecule has 1 aliphatic carbocycles. The van der Waals surface area contributed by atoms with Gasteiger partial charge in [0.2, 0.25) is 0 Å². The quantitative estimate of drug-likeness (QED) is 0.922. The molecule has 1 fully saturated rings. The Morgan fingerprint density at radius 2 is 2.11 bits per heavy atom. The standard InChI is InChI=1S/C14H17BrFNO2/c15-13-9-10(16)5-6-12(13)14(19)17(7-8-18)11-3-1-2-4-11/h5-6,9,11,18H,1-4,7-8H2. The minimum Gasteiger partial charge on any atom is -0.395 e. The highest BCUT2D eigenvalue weighted by Crippen LogP contribution is 2.27. The highest BCUT2D eigenvalue weighted by Gasteiger charge is 2.27. The van der Waals surface area contributed by atoms with Crippen LogP contribution in [0, 0.1) is 5.82 Å². The lowest BCUT2D eigenvalue weighted by molar-refractivity contribution is 0.0637. The number of rotatable bonds is 4. The lowest BCUT2D eigenvalue weighted by atomic mass is 10.1. The Hall–Kier alpha value is -0.940. The number of nitrogens with zero attached hydrogens (tertiary/aromatic N) is 1. The van der Waals surface area contributed by atoms with Crippen molar-refractivity contribution < 1.29 is 14.3 Å². The number of aliphatic hydroxyl groups is 1. The average Bonchev–Trinajstić information content (AvgIpc) is 2.89. The zero-order valence-electron chi connectivity index (χ0n) is 10.6. The van der Waals surface area contributed by atoms with Crippen LogP contribution in [0.3, 0.4) is 0 Å². The van der Waals surface area contributed by atoms with E-state index < -0.39 is 0 Å². The Morgan fingerprint density at radius 1 is 1.42 bits per heavy atom. The number of hydrogen-bond donors (Lipinski definition) is 1. The van der Waals surface area contributed by atoms with E-state index in [2.05, 4.69) is 15.9 Å². The van der Waals surface area contributed by atoms with Gasteiger partial charge in [-0.2, -0.15) is 0 Å². The molecule has 1 saturated carbocycles. The van der Waals surface area contributed by atoms with E-state index in [1.807, 2.05) is 0 Å². The molecule has 1 N–H and O–H groups in total. The van der Waals surface area contributed by atoms with Crippen molar-refractivity contribution >= 4 is 21.8 Å². The van der Waals surface area contributed by atoms with E-state index in [-0.39, 0.29) is 24.4 Å². The number of carbonyl (C=O) groups is 1. The van der Waals surface area contributed by atoms with Crippen LogP contribution in [-0.4, -0.2) is 35.1 Å². The van der Waals surface area contributed by atoms with Gasteiger partial charge in [0, 0.05) is 17.1 Å². The molecule has 0 saturated heterocycles. The smallest absolute Gasteiger partial charge is 0.255 e. The van der Waals surface area contributed by atoms with Gasteiger partial charge in [-0.3, -0.25) is 4.79 Å². The molecule has 0 heterocycles. The largest absolute Gasteiger partial charge is 0.395 e. The first kappa shape index (κ1) is 14.5. The molecular weight excluding hydrogens is 313 g/mol. The molecule has 0 aliphatic heterocycles. The summed E-state index contributed by atoms with van der Waals surface area (Å²) in [5.41, 5.74) is 0.446. The van der Waals surface area contributed by atoms with Crippen molar-refractivity contribution in [1.29, 1.82) is 0 Å². The first-order valence-electron chi connectivity index (χ1n) is 6.50. The molecule has 1 amide bonds. The highest BCUT2D eigenvalue weighted by molar-refractivity contribution is 9.10. The maximum atomic E-state index is 13.1. The number of benzene rings is 1. The Kier molecular flexibility index (Phi) is 4.93. The Bertz CT molecular complexity index is 461. The third-order valence-corrected chi connectivity index (χ3v) is 4.18. The third-order valence-electron chi connectivity index (χ3n) is 3.53. The van der Waals surface area contributed by atoms with Crippen LogP contribution in [0.25, 0.3) is 0 Å². The number of aliphatic hydroxyl groups excluding tert-OH is 1. The lowest BCUT2D eigenvalue weighted by Crippen LogP contribution is -2.40. The summed E-state index contributed by atoms with van der Waals surface area (Å²) in [4.78, 5) is 14.2. The van der Waals surface area contributed by atoms with E-state index >= 15 is 0 Å². The van der Waals surface area contributed by atoms with Gasteiger partial charge < -0.3 is 10.0 Å². The van der Waals surface area contributed by atoms with Crippen LogP contribution >= 0.6 is 15.9 Å². The third kappa shape index (κ3) is 3.34. The maximum Gasteiger partial charge on any atom is 0.255 e. The second-order valence-electron chi connectivity index (χ2n) is 4.78. The molecule has 0 spiro atoms. The van der Waals surface area contributed by atoms with Crippen LogP contribution in [0.2, 0.25) is 0 Å². The molecule has 1 aromatic carbocycles. The van der Waals surface area contributed by atoms with Crippen molar-refractivity contribution in [1.82, 2.24) is 4.90 Å². The Labute approximate surface area is 120 Å². The summed E-state index contributed by atoms with van der Waals surface area (Å²) in [5.74, 6) is -0.522. The molecule has 0 atom stereocenters. The molecule has 0 aromatic heterocycles. The number of amides is 1. The first-order chi connectivity index (χ1) is 9.13. The molecule has 0 bridgehead atoms.